The van der Waals surface area contributed by atoms with Crippen LogP contribution in [0.2, 0.25) is 0 Å². The van der Waals surface area contributed by atoms with Crippen molar-refractivity contribution in [2.45, 2.75) is 30.8 Å². The van der Waals surface area contributed by atoms with Crippen LogP contribution >= 0.6 is 11.8 Å². The summed E-state index contributed by atoms with van der Waals surface area (Å²) in [4.78, 5) is 30.6. The molecule has 1 amide bonds. The van der Waals surface area contributed by atoms with Crippen LogP contribution in [0.4, 0.5) is 4.39 Å². The number of amides is 1. The molecule has 0 radical (unpaired) electrons. The second kappa shape index (κ2) is 9.36. The lowest BCUT2D eigenvalue weighted by molar-refractivity contribution is 0.0943. The van der Waals surface area contributed by atoms with Crippen molar-refractivity contribution in [1.29, 1.82) is 0 Å². The molecule has 0 aliphatic heterocycles. The molecule has 32 heavy (non-hydrogen) atoms. The lowest BCUT2D eigenvalue weighted by Crippen LogP contribution is -2.30. The first-order valence-corrected chi connectivity index (χ1v) is 11.2. The summed E-state index contributed by atoms with van der Waals surface area (Å²) in [6, 6.07) is 20.5. The summed E-state index contributed by atoms with van der Waals surface area (Å²) < 4.78 is 15.4. The first-order chi connectivity index (χ1) is 15.4. The van der Waals surface area contributed by atoms with Gasteiger partial charge >= 0.3 is 0 Å². The number of nitrogens with one attached hydrogen (secondary N) is 1. The molecule has 0 saturated carbocycles. The van der Waals surface area contributed by atoms with Crippen molar-refractivity contribution in [3.05, 3.63) is 100 Å². The lowest BCUT2D eigenvalue weighted by Gasteiger charge is -2.14. The summed E-state index contributed by atoms with van der Waals surface area (Å²) in [7, 11) is 0. The number of carbonyl (C=O) groups is 1. The maximum atomic E-state index is 13.9. The number of benzene rings is 3. The number of nitrogens with zero attached hydrogens (tertiary/aromatic N) is 2. The summed E-state index contributed by atoms with van der Waals surface area (Å²) in [5.41, 5.74) is 2.02. The van der Waals surface area contributed by atoms with Gasteiger partial charge in [0.2, 0.25) is 0 Å². The summed E-state index contributed by atoms with van der Waals surface area (Å²) in [6.07, 6.45) is 0. The molecule has 1 heterocycles. The normalized spacial score (nSPS) is 11.1. The predicted molar refractivity (Wildman–Crippen MR) is 126 cm³/mol. The van der Waals surface area contributed by atoms with Gasteiger partial charge in [-0.05, 0) is 55.8 Å². The minimum absolute atomic E-state index is 0.0101. The molecule has 4 aromatic rings. The molecule has 0 unspecified atom stereocenters. The first kappa shape index (κ1) is 21.8. The summed E-state index contributed by atoms with van der Waals surface area (Å²) in [5.74, 6) is -0.0764. The summed E-state index contributed by atoms with van der Waals surface area (Å²) in [6.45, 7) is 3.76. The van der Waals surface area contributed by atoms with E-state index in [1.807, 2.05) is 44.2 Å². The Bertz CT molecular complexity index is 1340. The molecule has 0 aliphatic carbocycles. The van der Waals surface area contributed by atoms with Gasteiger partial charge in [-0.15, -0.1) is 0 Å². The molecule has 5 nitrogen and oxygen atoms in total. The van der Waals surface area contributed by atoms with Crippen LogP contribution in [0.3, 0.4) is 0 Å². The van der Waals surface area contributed by atoms with Crippen LogP contribution in [0.25, 0.3) is 16.6 Å². The van der Waals surface area contributed by atoms with Crippen LogP contribution in [-0.4, -0.2) is 21.5 Å². The number of hydrogen-bond donors (Lipinski definition) is 1. The number of thioether (sulfide) groups is 1. The highest BCUT2D eigenvalue weighted by Crippen LogP contribution is 2.25. The minimum atomic E-state index is -0.436. The topological polar surface area (TPSA) is 64.0 Å². The molecule has 0 atom stereocenters. The number of halogens is 1. The van der Waals surface area contributed by atoms with Crippen LogP contribution in [0.15, 0.2) is 82.7 Å². The molecule has 1 aromatic heterocycles. The van der Waals surface area contributed by atoms with Gasteiger partial charge in [-0.2, -0.15) is 0 Å². The van der Waals surface area contributed by atoms with Crippen LogP contribution < -0.4 is 10.9 Å². The summed E-state index contributed by atoms with van der Waals surface area (Å²) in [5, 5.41) is 3.64. The van der Waals surface area contributed by atoms with Gasteiger partial charge < -0.3 is 5.32 Å². The number of rotatable bonds is 6. The Balaban J connectivity index is 1.84. The number of aromatic nitrogens is 2. The predicted octanol–water partition coefficient (Wildman–Crippen LogP) is 4.96. The van der Waals surface area contributed by atoms with Crippen LogP contribution in [0.5, 0.6) is 0 Å². The lowest BCUT2D eigenvalue weighted by atomic mass is 10.1. The van der Waals surface area contributed by atoms with Crippen molar-refractivity contribution < 1.29 is 9.18 Å². The Morgan fingerprint density at radius 2 is 1.84 bits per heavy atom. The standard InChI is InChI=1S/C25H22FN3O2S/c1-16(2)27-23(30)18-11-12-21-22(13-18)28-25(32-15-17-7-4-3-5-8-17)29(24(21)31)20-10-6-9-19(26)14-20/h3-14,16H,15H2,1-2H3,(H,27,30). The second-order valence-corrected chi connectivity index (χ2v) is 8.59. The van der Waals surface area contributed by atoms with Crippen LogP contribution in [0.1, 0.15) is 29.8 Å². The van der Waals surface area contributed by atoms with E-state index in [-0.39, 0.29) is 17.5 Å². The van der Waals surface area contributed by atoms with Crippen molar-refractivity contribution in [1.82, 2.24) is 14.9 Å². The van der Waals surface area contributed by atoms with E-state index in [1.54, 1.807) is 30.3 Å². The molecule has 4 rings (SSSR count). The zero-order chi connectivity index (χ0) is 22.7. The van der Waals surface area contributed by atoms with Gasteiger partial charge in [0.1, 0.15) is 5.82 Å². The van der Waals surface area contributed by atoms with E-state index in [9.17, 15) is 14.0 Å². The molecule has 0 fully saturated rings. The van der Waals surface area contributed by atoms with Gasteiger partial charge in [-0.25, -0.2) is 9.37 Å². The molecule has 3 aromatic carbocycles. The van der Waals surface area contributed by atoms with Crippen LogP contribution in [-0.2, 0) is 5.75 Å². The third-order valence-electron chi connectivity index (χ3n) is 4.80. The molecule has 0 bridgehead atoms. The van der Waals surface area contributed by atoms with E-state index in [1.165, 1.54) is 28.5 Å². The first-order valence-electron chi connectivity index (χ1n) is 10.2. The fourth-order valence-corrected chi connectivity index (χ4v) is 4.28. The highest BCUT2D eigenvalue weighted by Gasteiger charge is 2.16. The Morgan fingerprint density at radius 3 is 2.56 bits per heavy atom. The van der Waals surface area contributed by atoms with E-state index >= 15 is 0 Å². The van der Waals surface area contributed by atoms with E-state index < -0.39 is 5.82 Å². The molecule has 0 aliphatic rings. The Kier molecular flexibility index (Phi) is 6.37. The Labute approximate surface area is 189 Å². The van der Waals surface area contributed by atoms with Gasteiger partial charge in [0.05, 0.1) is 16.6 Å². The van der Waals surface area contributed by atoms with Crippen molar-refractivity contribution >= 4 is 28.6 Å². The van der Waals surface area contributed by atoms with Crippen molar-refractivity contribution in [2.75, 3.05) is 0 Å². The second-order valence-electron chi connectivity index (χ2n) is 7.65. The molecule has 0 saturated heterocycles. The van der Waals surface area contributed by atoms with Gasteiger partial charge in [-0.3, -0.25) is 14.2 Å². The highest BCUT2D eigenvalue weighted by atomic mass is 32.2. The highest BCUT2D eigenvalue weighted by molar-refractivity contribution is 7.98. The molecular formula is C25H22FN3O2S. The van der Waals surface area contributed by atoms with Gasteiger partial charge in [0.25, 0.3) is 11.5 Å². The van der Waals surface area contributed by atoms with Gasteiger partial charge in [0, 0.05) is 17.4 Å². The average Bonchev–Trinajstić information content (AvgIpc) is 2.77. The van der Waals surface area contributed by atoms with Crippen molar-refractivity contribution in [3.8, 4) is 5.69 Å². The number of carbonyl (C=O) groups excluding carboxylic acids is 1. The number of hydrogen-bond acceptors (Lipinski definition) is 4. The van der Waals surface area contributed by atoms with Crippen molar-refractivity contribution in [2.24, 2.45) is 0 Å². The van der Waals surface area contributed by atoms with E-state index in [4.69, 9.17) is 4.98 Å². The van der Waals surface area contributed by atoms with Gasteiger partial charge in [0.15, 0.2) is 5.16 Å². The fourth-order valence-electron chi connectivity index (χ4n) is 3.31. The Hall–Kier alpha value is -3.45. The van der Waals surface area contributed by atoms with Gasteiger partial charge in [-0.1, -0.05) is 48.2 Å². The fraction of sp³-hybridized carbons (Fsp3) is 0.160. The quantitative estimate of drug-likeness (QED) is 0.335. The van der Waals surface area contributed by atoms with E-state index in [2.05, 4.69) is 5.32 Å². The maximum Gasteiger partial charge on any atom is 0.266 e. The maximum absolute atomic E-state index is 13.9. The molecule has 0 spiro atoms. The number of fused-ring (bicyclic) bond motifs is 1. The zero-order valence-corrected chi connectivity index (χ0v) is 18.5. The monoisotopic (exact) mass is 447 g/mol. The smallest absolute Gasteiger partial charge is 0.266 e. The average molecular weight is 448 g/mol. The SMILES string of the molecule is CC(C)NC(=O)c1ccc2c(=O)n(-c3cccc(F)c3)c(SCc3ccccc3)nc2c1. The Morgan fingerprint density at radius 1 is 1.06 bits per heavy atom. The van der Waals surface area contributed by atoms with Crippen molar-refractivity contribution in [3.63, 3.8) is 0 Å². The molecule has 7 heteroatoms. The summed E-state index contributed by atoms with van der Waals surface area (Å²) >= 11 is 1.38. The van der Waals surface area contributed by atoms with E-state index in [0.717, 1.165) is 5.56 Å². The van der Waals surface area contributed by atoms with E-state index in [0.29, 0.717) is 33.1 Å². The molecule has 162 valence electrons. The van der Waals surface area contributed by atoms with Crippen LogP contribution in [0, 0.1) is 5.82 Å². The largest absolute Gasteiger partial charge is 0.350 e. The molecular weight excluding hydrogens is 425 g/mol. The third kappa shape index (κ3) is 4.73. The zero-order valence-electron chi connectivity index (χ0n) is 17.7. The third-order valence-corrected chi connectivity index (χ3v) is 5.81. The minimum Gasteiger partial charge on any atom is -0.350 e. The molecule has 1 N–H and O–H groups in total.